The number of ether oxygens (including phenoxy) is 1. The molecule has 11 nitrogen and oxygen atoms in total. The molecule has 0 spiro atoms. The first-order valence-electron chi connectivity index (χ1n) is 18.6. The van der Waals surface area contributed by atoms with E-state index in [1.165, 1.54) is 10.4 Å². The average molecular weight is 800 g/mol. The minimum atomic E-state index is -3.82. The molecule has 0 radical (unpaired) electrons. The van der Waals surface area contributed by atoms with Crippen molar-refractivity contribution in [1.82, 2.24) is 14.5 Å². The summed E-state index contributed by atoms with van der Waals surface area (Å²) in [7, 11) is -3.82. The predicted octanol–water partition coefficient (Wildman–Crippen LogP) is 6.63. The maximum Gasteiger partial charge on any atom is 0.311 e. The zero-order valence-corrected chi connectivity index (χ0v) is 32.1. The molecule has 2 amide bonds. The van der Waals surface area contributed by atoms with Crippen LogP contribution < -0.4 is 15.8 Å². The molecule has 3 aromatic carbocycles. The van der Waals surface area contributed by atoms with E-state index in [2.05, 4.69) is 15.0 Å². The summed E-state index contributed by atoms with van der Waals surface area (Å²) in [4.78, 5) is 44.2. The van der Waals surface area contributed by atoms with Crippen LogP contribution in [-0.4, -0.2) is 74.0 Å². The first-order chi connectivity index (χ1) is 26.7. The number of nitrogens with zero attached hydrogens (tertiary/aromatic N) is 3. The summed E-state index contributed by atoms with van der Waals surface area (Å²) in [5, 5.41) is 2.79. The number of sulfonamides is 1. The minimum Gasteiger partial charge on any atom is -0.420 e. The van der Waals surface area contributed by atoms with E-state index in [1.807, 2.05) is 43.0 Å². The fourth-order valence-corrected chi connectivity index (χ4v) is 8.12. The average Bonchev–Trinajstić information content (AvgIpc) is 3.32. The zero-order chi connectivity index (χ0) is 40.6. The molecule has 0 aromatic heterocycles. The first-order valence-corrected chi connectivity index (χ1v) is 20.0. The highest BCUT2D eigenvalue weighted by Gasteiger charge is 2.37. The van der Waals surface area contributed by atoms with Crippen LogP contribution >= 0.6 is 0 Å². The number of carbonyl (C=O) groups excluding carboxylic acids is 3. The van der Waals surface area contributed by atoms with E-state index in [9.17, 15) is 40.4 Å². The van der Waals surface area contributed by atoms with Gasteiger partial charge in [0.1, 0.15) is 5.84 Å². The van der Waals surface area contributed by atoms with Crippen LogP contribution in [-0.2, 0) is 24.4 Å². The monoisotopic (exact) mass is 799 g/mol. The van der Waals surface area contributed by atoms with E-state index in [-0.39, 0.29) is 74.0 Å². The van der Waals surface area contributed by atoms with Gasteiger partial charge in [0.2, 0.25) is 39.2 Å². The van der Waals surface area contributed by atoms with Crippen LogP contribution in [0.3, 0.4) is 0 Å². The number of amides is 2. The number of benzene rings is 3. The summed E-state index contributed by atoms with van der Waals surface area (Å²) in [6, 6.07) is 12.2. The van der Waals surface area contributed by atoms with Crippen LogP contribution in [0.25, 0.3) is 17.2 Å². The molecule has 2 aliphatic rings. The number of amidine groups is 1. The molecule has 0 bridgehead atoms. The largest absolute Gasteiger partial charge is 0.420 e. The number of esters is 1. The van der Waals surface area contributed by atoms with Gasteiger partial charge in [-0.25, -0.2) is 22.2 Å². The number of nitrogens with two attached hydrogens (primary N) is 1. The molecule has 0 saturated carbocycles. The Morgan fingerprint density at radius 2 is 1.57 bits per heavy atom. The lowest BCUT2D eigenvalue weighted by atomic mass is 10.0. The molecular formula is C40H45F4N5O6S. The van der Waals surface area contributed by atoms with Crippen LogP contribution in [0.15, 0.2) is 64.0 Å². The van der Waals surface area contributed by atoms with Crippen molar-refractivity contribution in [2.24, 2.45) is 16.6 Å². The third-order valence-corrected chi connectivity index (χ3v) is 11.3. The summed E-state index contributed by atoms with van der Waals surface area (Å²) < 4.78 is 86.9. The molecule has 3 N–H and O–H groups in total. The van der Waals surface area contributed by atoms with E-state index in [4.69, 9.17) is 5.73 Å². The summed E-state index contributed by atoms with van der Waals surface area (Å²) in [5.41, 5.74) is 9.54. The summed E-state index contributed by atoms with van der Waals surface area (Å²) in [6.45, 7) is 6.08. The van der Waals surface area contributed by atoms with Crippen molar-refractivity contribution in [2.75, 3.05) is 32.7 Å². The Morgan fingerprint density at radius 1 is 0.911 bits per heavy atom. The van der Waals surface area contributed by atoms with Crippen molar-refractivity contribution in [3.63, 3.8) is 0 Å². The normalized spacial score (nSPS) is 14.5. The van der Waals surface area contributed by atoms with Crippen LogP contribution in [0.2, 0.25) is 0 Å². The Labute approximate surface area is 323 Å². The highest BCUT2D eigenvalue weighted by atomic mass is 32.2. The summed E-state index contributed by atoms with van der Waals surface area (Å²) in [5.74, 6) is -9.61. The quantitative estimate of drug-likeness (QED) is 0.0512. The van der Waals surface area contributed by atoms with E-state index in [0.29, 0.717) is 48.6 Å². The molecule has 1 saturated heterocycles. The maximum absolute atomic E-state index is 13.7. The highest BCUT2D eigenvalue weighted by Crippen LogP contribution is 2.34. The van der Waals surface area contributed by atoms with Gasteiger partial charge < -0.3 is 20.7 Å². The first kappa shape index (κ1) is 42.1. The molecule has 0 aliphatic carbocycles. The van der Waals surface area contributed by atoms with Crippen molar-refractivity contribution in [1.29, 1.82) is 0 Å². The number of carbonyl (C=O) groups is 3. The van der Waals surface area contributed by atoms with E-state index >= 15 is 0 Å². The van der Waals surface area contributed by atoms with Gasteiger partial charge in [0.25, 0.3) is 0 Å². The van der Waals surface area contributed by atoms with Gasteiger partial charge in [-0.2, -0.15) is 13.1 Å². The van der Waals surface area contributed by atoms with Crippen molar-refractivity contribution in [3.05, 3.63) is 82.9 Å². The molecule has 0 unspecified atom stereocenters. The SMILES string of the molecule is CCCN(CCC)C(=O)C1=Cc2ccc(-c3cccc(S(=O)(=O)N4CC(CNC(=O)CCCCCC(=O)Oc5c(F)c(F)cc(F)c5F)C4)c3)cc2N=C(N)C1. The number of aliphatic imine (C=N–C) groups is 1. The van der Waals surface area contributed by atoms with E-state index < -0.39 is 45.0 Å². The Balaban J connectivity index is 1.09. The van der Waals surface area contributed by atoms with Crippen LogP contribution in [0.4, 0.5) is 23.2 Å². The summed E-state index contributed by atoms with van der Waals surface area (Å²) in [6.07, 6.45) is 4.56. The second-order valence-electron chi connectivity index (χ2n) is 13.9. The molecule has 0 atom stereocenters. The van der Waals surface area contributed by atoms with Crippen molar-refractivity contribution in [2.45, 2.75) is 70.1 Å². The number of hydrogen-bond acceptors (Lipinski definition) is 8. The smallest absolute Gasteiger partial charge is 0.311 e. The van der Waals surface area contributed by atoms with Gasteiger partial charge in [-0.3, -0.25) is 14.4 Å². The number of fused-ring (bicyclic) bond motifs is 1. The van der Waals surface area contributed by atoms with Gasteiger partial charge in [0, 0.05) is 75.1 Å². The van der Waals surface area contributed by atoms with Gasteiger partial charge in [0.15, 0.2) is 11.6 Å². The van der Waals surface area contributed by atoms with Gasteiger partial charge in [0.05, 0.1) is 10.6 Å². The molecule has 2 heterocycles. The molecule has 300 valence electrons. The van der Waals surface area contributed by atoms with Crippen LogP contribution in [0.5, 0.6) is 5.75 Å². The van der Waals surface area contributed by atoms with Crippen molar-refractivity contribution < 1.29 is 45.1 Å². The van der Waals surface area contributed by atoms with Crippen molar-refractivity contribution in [3.8, 4) is 16.9 Å². The summed E-state index contributed by atoms with van der Waals surface area (Å²) >= 11 is 0. The predicted molar refractivity (Wildman–Crippen MR) is 203 cm³/mol. The Kier molecular flexibility index (Phi) is 14.0. The van der Waals surface area contributed by atoms with Crippen LogP contribution in [0.1, 0.15) is 70.8 Å². The van der Waals surface area contributed by atoms with Crippen molar-refractivity contribution >= 4 is 45.4 Å². The highest BCUT2D eigenvalue weighted by molar-refractivity contribution is 7.89. The molecular weight excluding hydrogens is 755 g/mol. The fraction of sp³-hybridized carbons (Fsp3) is 0.400. The maximum atomic E-state index is 13.7. The third-order valence-electron chi connectivity index (χ3n) is 9.43. The molecule has 16 heteroatoms. The van der Waals surface area contributed by atoms with E-state index in [0.717, 1.165) is 24.0 Å². The fourth-order valence-electron chi connectivity index (χ4n) is 6.48. The lowest BCUT2D eigenvalue weighted by Gasteiger charge is -2.38. The number of nitrogens with one attached hydrogen (secondary N) is 1. The Hall–Kier alpha value is -5.09. The zero-order valence-electron chi connectivity index (χ0n) is 31.3. The molecule has 5 rings (SSSR count). The number of halogens is 4. The topological polar surface area (TPSA) is 151 Å². The number of rotatable bonds is 17. The van der Waals surface area contributed by atoms with Gasteiger partial charge >= 0.3 is 5.97 Å². The lowest BCUT2D eigenvalue weighted by molar-refractivity contribution is -0.135. The van der Waals surface area contributed by atoms with Gasteiger partial charge in [-0.1, -0.05) is 44.5 Å². The second kappa shape index (κ2) is 18.7. The standard InChI is InChI=1S/C40H45F4N5O6S/c1-3-15-48(16-4-2)40(52)29-17-28-14-13-27(19-33(28)47-34(45)20-29)26-9-8-10-30(18-26)56(53,54)49-23-25(24-49)22-46-35(50)11-6-5-7-12-36(51)55-39-37(43)31(41)21-32(42)38(39)44/h8-10,13-14,17-19,21,25H,3-7,11-12,15-16,20,22-24H2,1-2H3,(H2,45,47)(H,46,50). The van der Waals surface area contributed by atoms with Gasteiger partial charge in [-0.15, -0.1) is 0 Å². The van der Waals surface area contributed by atoms with Crippen LogP contribution in [0, 0.1) is 29.2 Å². The molecule has 1 fully saturated rings. The molecule has 56 heavy (non-hydrogen) atoms. The third kappa shape index (κ3) is 10.2. The Morgan fingerprint density at radius 3 is 2.25 bits per heavy atom. The lowest BCUT2D eigenvalue weighted by Crippen LogP contribution is -2.53. The number of hydrogen-bond donors (Lipinski definition) is 2. The van der Waals surface area contributed by atoms with Gasteiger partial charge in [-0.05, 0) is 61.1 Å². The number of unbranched alkanes of at least 4 members (excludes halogenated alkanes) is 2. The van der Waals surface area contributed by atoms with E-state index in [1.54, 1.807) is 18.2 Å². The molecule has 2 aliphatic heterocycles. The molecule has 3 aromatic rings. The minimum absolute atomic E-state index is 0.0110. The second-order valence-corrected chi connectivity index (χ2v) is 15.8. The Bertz CT molecular complexity index is 2110.